The van der Waals surface area contributed by atoms with Gasteiger partial charge in [0.25, 0.3) is 0 Å². The van der Waals surface area contributed by atoms with Crippen LogP contribution in [0, 0.1) is 10.8 Å². The van der Waals surface area contributed by atoms with Gasteiger partial charge >= 0.3 is 0 Å². The Morgan fingerprint density at radius 3 is 1.20 bits per heavy atom. The van der Waals surface area contributed by atoms with Gasteiger partial charge in [0.2, 0.25) is 0 Å². The predicted molar refractivity (Wildman–Crippen MR) is 166 cm³/mol. The lowest BCUT2D eigenvalue weighted by Gasteiger charge is -2.57. The number of carbonyl (C=O) groups excluding carboxylic acids is 2. The SMILES string of the molecule is CCCCCCc1ccc(C2CCC3(CC2)C(=O)C2(CCC(c4ccc(CCCCCC)cc4)CC2)C3=O)cc1. The molecule has 0 aromatic heterocycles. The first-order chi connectivity index (χ1) is 19.5. The predicted octanol–water partition coefficient (Wildman–Crippen LogP) is 10.1. The van der Waals surface area contributed by atoms with Crippen molar-refractivity contribution in [2.45, 2.75) is 141 Å². The molecule has 5 rings (SSSR count). The van der Waals surface area contributed by atoms with Crippen molar-refractivity contribution >= 4 is 11.6 Å². The summed E-state index contributed by atoms with van der Waals surface area (Å²) >= 11 is 0. The van der Waals surface area contributed by atoms with Gasteiger partial charge in [-0.2, -0.15) is 0 Å². The number of rotatable bonds is 12. The number of aryl methyl sites for hydroxylation is 2. The molecule has 2 aromatic rings. The highest BCUT2D eigenvalue weighted by Crippen LogP contribution is 2.62. The van der Waals surface area contributed by atoms with Gasteiger partial charge in [0, 0.05) is 0 Å². The van der Waals surface area contributed by atoms with Crippen LogP contribution in [0.4, 0.5) is 0 Å². The molecule has 0 atom stereocenters. The number of unbranched alkanes of at least 4 members (excludes halogenated alkanes) is 6. The summed E-state index contributed by atoms with van der Waals surface area (Å²) in [6.07, 6.45) is 19.7. The van der Waals surface area contributed by atoms with Crippen molar-refractivity contribution in [2.24, 2.45) is 10.8 Å². The van der Waals surface area contributed by atoms with Gasteiger partial charge in [-0.25, -0.2) is 0 Å². The molecule has 3 aliphatic carbocycles. The van der Waals surface area contributed by atoms with E-state index in [1.54, 1.807) is 0 Å². The average molecular weight is 541 g/mol. The minimum Gasteiger partial charge on any atom is -0.297 e. The summed E-state index contributed by atoms with van der Waals surface area (Å²) in [5, 5.41) is 0. The van der Waals surface area contributed by atoms with Crippen LogP contribution in [0.15, 0.2) is 48.5 Å². The molecule has 0 N–H and O–H groups in total. The average Bonchev–Trinajstić information content (AvgIpc) is 3.02. The Kier molecular flexibility index (Phi) is 9.64. The summed E-state index contributed by atoms with van der Waals surface area (Å²) in [4.78, 5) is 27.5. The third-order valence-electron chi connectivity index (χ3n) is 11.0. The Morgan fingerprint density at radius 1 is 0.525 bits per heavy atom. The maximum atomic E-state index is 13.8. The molecule has 0 radical (unpaired) electrons. The lowest BCUT2D eigenvalue weighted by Crippen LogP contribution is -2.68. The Morgan fingerprint density at radius 2 is 0.875 bits per heavy atom. The van der Waals surface area contributed by atoms with Crippen molar-refractivity contribution in [3.63, 3.8) is 0 Å². The van der Waals surface area contributed by atoms with Crippen LogP contribution in [0.2, 0.25) is 0 Å². The summed E-state index contributed by atoms with van der Waals surface area (Å²) in [6.45, 7) is 4.52. The summed E-state index contributed by atoms with van der Waals surface area (Å²) in [5.74, 6) is 1.60. The van der Waals surface area contributed by atoms with Crippen molar-refractivity contribution < 1.29 is 9.59 Å². The number of Topliss-reactive ketones (excluding diaryl/α,β-unsaturated/α-hetero) is 2. The maximum Gasteiger partial charge on any atom is 0.159 e. The third-order valence-corrected chi connectivity index (χ3v) is 11.0. The van der Waals surface area contributed by atoms with E-state index >= 15 is 0 Å². The zero-order chi connectivity index (χ0) is 28.0. The summed E-state index contributed by atoms with van der Waals surface area (Å²) in [7, 11) is 0. The highest BCUT2D eigenvalue weighted by molar-refractivity contribution is 6.30. The zero-order valence-corrected chi connectivity index (χ0v) is 25.3. The zero-order valence-electron chi connectivity index (χ0n) is 25.3. The lowest BCUT2D eigenvalue weighted by atomic mass is 9.42. The molecular formula is C38H52O2. The smallest absolute Gasteiger partial charge is 0.159 e. The lowest BCUT2D eigenvalue weighted by molar-refractivity contribution is -0.177. The highest BCUT2D eigenvalue weighted by atomic mass is 16.2. The fourth-order valence-electron chi connectivity index (χ4n) is 8.28. The van der Waals surface area contributed by atoms with E-state index in [4.69, 9.17) is 0 Å². The van der Waals surface area contributed by atoms with Gasteiger partial charge in [0.1, 0.15) is 0 Å². The van der Waals surface area contributed by atoms with E-state index in [0.29, 0.717) is 23.4 Å². The fourth-order valence-corrected chi connectivity index (χ4v) is 8.28. The van der Waals surface area contributed by atoms with E-state index in [-0.39, 0.29) is 0 Å². The quantitative estimate of drug-likeness (QED) is 0.198. The molecule has 2 spiro atoms. The van der Waals surface area contributed by atoms with Crippen molar-refractivity contribution in [1.29, 1.82) is 0 Å². The number of hydrogen-bond acceptors (Lipinski definition) is 2. The minimum absolute atomic E-state index is 0.312. The molecule has 3 fully saturated rings. The number of hydrogen-bond donors (Lipinski definition) is 0. The Hall–Kier alpha value is -2.22. The Bertz CT molecular complexity index is 1000. The Balaban J connectivity index is 1.10. The second-order valence-corrected chi connectivity index (χ2v) is 13.5. The van der Waals surface area contributed by atoms with E-state index in [2.05, 4.69) is 62.4 Å². The van der Waals surface area contributed by atoms with E-state index in [1.807, 2.05) is 0 Å². The molecule has 2 nitrogen and oxygen atoms in total. The van der Waals surface area contributed by atoms with Crippen LogP contribution in [0.1, 0.15) is 151 Å². The molecule has 0 bridgehead atoms. The molecule has 3 saturated carbocycles. The number of carbonyl (C=O) groups is 2. The highest BCUT2D eigenvalue weighted by Gasteiger charge is 2.70. The molecule has 0 heterocycles. The molecule has 0 saturated heterocycles. The first kappa shape index (κ1) is 29.3. The summed E-state index contributed by atoms with van der Waals surface area (Å²) < 4.78 is 0. The molecule has 2 aromatic carbocycles. The van der Waals surface area contributed by atoms with Gasteiger partial charge in [-0.1, -0.05) is 101 Å². The van der Waals surface area contributed by atoms with Crippen molar-refractivity contribution in [1.82, 2.24) is 0 Å². The molecule has 216 valence electrons. The Labute approximate surface area is 243 Å². The van der Waals surface area contributed by atoms with E-state index in [9.17, 15) is 9.59 Å². The second-order valence-electron chi connectivity index (χ2n) is 13.5. The normalized spacial score (nSPS) is 28.2. The third kappa shape index (κ3) is 5.88. The van der Waals surface area contributed by atoms with Crippen LogP contribution in [-0.2, 0) is 22.4 Å². The van der Waals surface area contributed by atoms with Crippen molar-refractivity contribution in [2.75, 3.05) is 0 Å². The van der Waals surface area contributed by atoms with E-state index in [1.165, 1.54) is 86.5 Å². The van der Waals surface area contributed by atoms with Gasteiger partial charge in [-0.15, -0.1) is 0 Å². The first-order valence-electron chi connectivity index (χ1n) is 16.8. The second kappa shape index (κ2) is 13.2. The number of benzene rings is 2. The van der Waals surface area contributed by atoms with Crippen molar-refractivity contribution in [3.05, 3.63) is 70.8 Å². The topological polar surface area (TPSA) is 34.1 Å². The minimum atomic E-state index is -0.651. The largest absolute Gasteiger partial charge is 0.297 e. The van der Waals surface area contributed by atoms with Crippen LogP contribution < -0.4 is 0 Å². The monoisotopic (exact) mass is 540 g/mol. The van der Waals surface area contributed by atoms with Crippen LogP contribution >= 0.6 is 0 Å². The van der Waals surface area contributed by atoms with Gasteiger partial charge in [0.15, 0.2) is 11.6 Å². The molecule has 0 aliphatic heterocycles. The summed E-state index contributed by atoms with van der Waals surface area (Å²) in [5.41, 5.74) is 4.37. The van der Waals surface area contributed by atoms with Gasteiger partial charge < -0.3 is 0 Å². The van der Waals surface area contributed by atoms with Gasteiger partial charge in [-0.05, 0) is 111 Å². The fraction of sp³-hybridized carbons (Fsp3) is 0.632. The standard InChI is InChI=1S/C38H52O2/c1-3-5-7-9-11-29-13-17-31(18-14-29)33-21-25-37(26-22-33)35(39)38(36(37)40)27-23-34(24-28-38)32-19-15-30(16-20-32)12-10-8-6-4-2/h13-20,33-34H,3-12,21-28H2,1-2H3. The van der Waals surface area contributed by atoms with Crippen molar-refractivity contribution in [3.8, 4) is 0 Å². The van der Waals surface area contributed by atoms with E-state index < -0.39 is 10.8 Å². The first-order valence-corrected chi connectivity index (χ1v) is 16.8. The summed E-state index contributed by atoms with van der Waals surface area (Å²) in [6, 6.07) is 18.5. The molecular weight excluding hydrogens is 488 g/mol. The van der Waals surface area contributed by atoms with Crippen LogP contribution in [-0.4, -0.2) is 11.6 Å². The van der Waals surface area contributed by atoms with Crippen LogP contribution in [0.5, 0.6) is 0 Å². The van der Waals surface area contributed by atoms with Gasteiger partial charge in [-0.3, -0.25) is 9.59 Å². The molecule has 2 heteroatoms. The van der Waals surface area contributed by atoms with Gasteiger partial charge in [0.05, 0.1) is 10.8 Å². The van der Waals surface area contributed by atoms with Crippen LogP contribution in [0.3, 0.4) is 0 Å². The maximum absolute atomic E-state index is 13.8. The molecule has 3 aliphatic rings. The number of ketones is 2. The molecule has 0 amide bonds. The van der Waals surface area contributed by atoms with E-state index in [0.717, 1.165) is 51.4 Å². The molecule has 40 heavy (non-hydrogen) atoms. The van der Waals surface area contributed by atoms with Crippen LogP contribution in [0.25, 0.3) is 0 Å². The molecule has 0 unspecified atom stereocenters.